The van der Waals surface area contributed by atoms with Crippen LogP contribution in [0.2, 0.25) is 0 Å². The zero-order chi connectivity index (χ0) is 10.7. The molecule has 0 radical (unpaired) electrons. The Morgan fingerprint density at radius 3 is 2.60 bits per heavy atom. The summed E-state index contributed by atoms with van der Waals surface area (Å²) in [5.74, 6) is 0.228. The predicted molar refractivity (Wildman–Crippen MR) is 61.9 cm³/mol. The van der Waals surface area contributed by atoms with E-state index >= 15 is 0 Å². The van der Waals surface area contributed by atoms with Gasteiger partial charge in [-0.2, -0.15) is 11.3 Å². The van der Waals surface area contributed by atoms with E-state index in [1.807, 2.05) is 16.8 Å². The molecule has 1 aliphatic rings. The molecule has 1 aromatic heterocycles. The molecule has 0 spiro atoms. The quantitative estimate of drug-likeness (QED) is 0.831. The van der Waals surface area contributed by atoms with E-state index in [9.17, 15) is 10.2 Å². The van der Waals surface area contributed by atoms with Gasteiger partial charge < -0.3 is 10.2 Å². The zero-order valence-corrected chi connectivity index (χ0v) is 9.67. The van der Waals surface area contributed by atoms with Gasteiger partial charge in [-0.15, -0.1) is 0 Å². The SMILES string of the molecule is OC[C@@](O)(c1ccsc1)C1CCCCC1. The maximum absolute atomic E-state index is 10.6. The fourth-order valence-electron chi connectivity index (χ4n) is 2.55. The van der Waals surface area contributed by atoms with Gasteiger partial charge in [-0.05, 0) is 41.1 Å². The number of hydrogen-bond acceptors (Lipinski definition) is 3. The summed E-state index contributed by atoms with van der Waals surface area (Å²) in [6, 6.07) is 1.93. The molecule has 0 amide bonds. The first-order valence-electron chi connectivity index (χ1n) is 5.63. The Hall–Kier alpha value is -0.380. The predicted octanol–water partition coefficient (Wildman–Crippen LogP) is 2.51. The van der Waals surface area contributed by atoms with Crippen LogP contribution in [0.5, 0.6) is 0 Å². The molecule has 1 aliphatic carbocycles. The molecule has 3 heteroatoms. The zero-order valence-electron chi connectivity index (χ0n) is 8.85. The lowest BCUT2D eigenvalue weighted by Gasteiger charge is -2.36. The third-order valence-corrected chi connectivity index (χ3v) is 4.23. The van der Waals surface area contributed by atoms with Crippen molar-refractivity contribution in [1.82, 2.24) is 0 Å². The van der Waals surface area contributed by atoms with E-state index in [1.54, 1.807) is 11.3 Å². The van der Waals surface area contributed by atoms with Crippen molar-refractivity contribution in [2.24, 2.45) is 5.92 Å². The highest BCUT2D eigenvalue weighted by atomic mass is 32.1. The number of rotatable bonds is 3. The van der Waals surface area contributed by atoms with E-state index in [0.29, 0.717) is 0 Å². The summed E-state index contributed by atoms with van der Waals surface area (Å²) in [6.45, 7) is -0.158. The Morgan fingerprint density at radius 1 is 1.33 bits per heavy atom. The third-order valence-electron chi connectivity index (χ3n) is 3.54. The van der Waals surface area contributed by atoms with Crippen molar-refractivity contribution >= 4 is 11.3 Å². The summed E-state index contributed by atoms with van der Waals surface area (Å²) < 4.78 is 0. The van der Waals surface area contributed by atoms with Gasteiger partial charge in [0.1, 0.15) is 5.60 Å². The largest absolute Gasteiger partial charge is 0.393 e. The lowest BCUT2D eigenvalue weighted by molar-refractivity contribution is -0.0785. The highest BCUT2D eigenvalue weighted by Gasteiger charge is 2.38. The van der Waals surface area contributed by atoms with E-state index in [-0.39, 0.29) is 12.5 Å². The second kappa shape index (κ2) is 4.64. The van der Waals surface area contributed by atoms with E-state index in [4.69, 9.17) is 0 Å². The van der Waals surface area contributed by atoms with Crippen molar-refractivity contribution in [2.45, 2.75) is 37.7 Å². The van der Waals surface area contributed by atoms with Crippen molar-refractivity contribution in [1.29, 1.82) is 0 Å². The molecule has 0 aliphatic heterocycles. The van der Waals surface area contributed by atoms with Gasteiger partial charge in [0.25, 0.3) is 0 Å². The monoisotopic (exact) mass is 226 g/mol. The molecule has 2 nitrogen and oxygen atoms in total. The summed E-state index contributed by atoms with van der Waals surface area (Å²) in [6.07, 6.45) is 5.69. The second-order valence-electron chi connectivity index (χ2n) is 4.43. The van der Waals surface area contributed by atoms with Gasteiger partial charge >= 0.3 is 0 Å². The molecule has 15 heavy (non-hydrogen) atoms. The summed E-state index contributed by atoms with van der Waals surface area (Å²) >= 11 is 1.57. The number of aliphatic hydroxyl groups excluding tert-OH is 1. The van der Waals surface area contributed by atoms with Crippen molar-refractivity contribution in [3.05, 3.63) is 22.4 Å². The fraction of sp³-hybridized carbons (Fsp3) is 0.667. The van der Waals surface area contributed by atoms with Crippen LogP contribution in [0, 0.1) is 5.92 Å². The van der Waals surface area contributed by atoms with Gasteiger partial charge in [0.15, 0.2) is 0 Å². The van der Waals surface area contributed by atoms with Crippen molar-refractivity contribution in [3.63, 3.8) is 0 Å². The first kappa shape index (κ1) is 11.1. The Kier molecular flexibility index (Phi) is 3.44. The minimum atomic E-state index is -1.000. The molecule has 0 aromatic carbocycles. The molecule has 1 saturated carbocycles. The highest BCUT2D eigenvalue weighted by Crippen LogP contribution is 2.39. The van der Waals surface area contributed by atoms with Gasteiger partial charge in [-0.25, -0.2) is 0 Å². The lowest BCUT2D eigenvalue weighted by atomic mass is 9.74. The first-order chi connectivity index (χ1) is 7.27. The maximum Gasteiger partial charge on any atom is 0.116 e. The first-order valence-corrected chi connectivity index (χ1v) is 6.57. The molecule has 1 atom stereocenters. The van der Waals surface area contributed by atoms with Crippen LogP contribution < -0.4 is 0 Å². The molecule has 84 valence electrons. The smallest absolute Gasteiger partial charge is 0.116 e. The highest BCUT2D eigenvalue weighted by molar-refractivity contribution is 7.08. The van der Waals surface area contributed by atoms with E-state index in [2.05, 4.69) is 0 Å². The normalized spacial score (nSPS) is 22.5. The van der Waals surface area contributed by atoms with Gasteiger partial charge in [0, 0.05) is 0 Å². The molecule has 2 rings (SSSR count). The third kappa shape index (κ3) is 2.10. The molecular weight excluding hydrogens is 208 g/mol. The number of thiophene rings is 1. The average molecular weight is 226 g/mol. The van der Waals surface area contributed by atoms with Gasteiger partial charge in [0.05, 0.1) is 6.61 Å². The fourth-order valence-corrected chi connectivity index (χ4v) is 3.28. The van der Waals surface area contributed by atoms with Gasteiger partial charge in [-0.1, -0.05) is 19.3 Å². The van der Waals surface area contributed by atoms with Crippen LogP contribution in [0.3, 0.4) is 0 Å². The van der Waals surface area contributed by atoms with E-state index in [0.717, 1.165) is 18.4 Å². The summed E-state index contributed by atoms with van der Waals surface area (Å²) in [4.78, 5) is 0. The molecule has 0 bridgehead atoms. The van der Waals surface area contributed by atoms with Crippen LogP contribution >= 0.6 is 11.3 Å². The van der Waals surface area contributed by atoms with Gasteiger partial charge in [-0.3, -0.25) is 0 Å². The Morgan fingerprint density at radius 2 is 2.07 bits per heavy atom. The second-order valence-corrected chi connectivity index (χ2v) is 5.21. The molecule has 1 fully saturated rings. The average Bonchev–Trinajstić information content (AvgIpc) is 2.83. The molecular formula is C12H18O2S. The van der Waals surface area contributed by atoms with Crippen molar-refractivity contribution < 1.29 is 10.2 Å². The Balaban J connectivity index is 2.20. The molecule has 0 unspecified atom stereocenters. The van der Waals surface area contributed by atoms with E-state index < -0.39 is 5.60 Å². The standard InChI is InChI=1S/C12H18O2S/c13-9-12(14,11-6-7-15-8-11)10-4-2-1-3-5-10/h6-8,10,13-14H,1-5,9H2/t12-/m0/s1. The minimum absolute atomic E-state index is 0.158. The van der Waals surface area contributed by atoms with Crippen LogP contribution in [-0.4, -0.2) is 16.8 Å². The summed E-state index contributed by atoms with van der Waals surface area (Å²) in [7, 11) is 0. The van der Waals surface area contributed by atoms with Crippen LogP contribution in [-0.2, 0) is 5.60 Å². The maximum atomic E-state index is 10.6. The van der Waals surface area contributed by atoms with Crippen molar-refractivity contribution in [3.8, 4) is 0 Å². The van der Waals surface area contributed by atoms with Crippen LogP contribution in [0.15, 0.2) is 16.8 Å². The summed E-state index contributed by atoms with van der Waals surface area (Å²) in [5, 5.41) is 23.9. The summed E-state index contributed by atoms with van der Waals surface area (Å²) in [5.41, 5.74) is -0.109. The molecule has 1 aromatic rings. The van der Waals surface area contributed by atoms with Crippen LogP contribution in [0.4, 0.5) is 0 Å². The van der Waals surface area contributed by atoms with Crippen LogP contribution in [0.25, 0.3) is 0 Å². The molecule has 0 saturated heterocycles. The topological polar surface area (TPSA) is 40.5 Å². The Bertz CT molecular complexity index is 291. The van der Waals surface area contributed by atoms with E-state index in [1.165, 1.54) is 19.3 Å². The number of hydrogen-bond donors (Lipinski definition) is 2. The lowest BCUT2D eigenvalue weighted by Crippen LogP contribution is -2.39. The molecule has 1 heterocycles. The Labute approximate surface area is 94.6 Å². The van der Waals surface area contributed by atoms with Crippen LogP contribution in [0.1, 0.15) is 37.7 Å². The van der Waals surface area contributed by atoms with Crippen molar-refractivity contribution in [2.75, 3.05) is 6.61 Å². The minimum Gasteiger partial charge on any atom is -0.393 e. The van der Waals surface area contributed by atoms with Gasteiger partial charge in [0.2, 0.25) is 0 Å². The number of aliphatic hydroxyl groups is 2. The molecule has 2 N–H and O–H groups in total.